The SMILES string of the molecule is COCOc1cc(-c2cnnc(OC)c2)ccc1-c1ccc(N2CC[C@H](NC(C)(C)C)C2)nn1. The normalized spacial score (nSPS) is 16.0. The fourth-order valence-corrected chi connectivity index (χ4v) is 4.10. The zero-order chi connectivity index (χ0) is 24.1. The van der Waals surface area contributed by atoms with Gasteiger partial charge in [0.1, 0.15) is 5.75 Å². The number of ether oxygens (including phenoxy) is 3. The maximum Gasteiger partial charge on any atom is 0.233 e. The standard InChI is InChI=1S/C25H32N6O3/c1-25(2,3)27-19-10-11-31(15-19)23-9-8-21(28-29-23)20-7-6-17(12-22(20)34-16-32-4)18-13-24(33-5)30-26-14-18/h6-9,12-14,19,27H,10-11,15-16H2,1-5H3/t19-/m0/s1. The van der Waals surface area contributed by atoms with Gasteiger partial charge in [0.15, 0.2) is 12.6 Å². The number of methoxy groups -OCH3 is 2. The van der Waals surface area contributed by atoms with Gasteiger partial charge in [0, 0.05) is 49.0 Å². The Kier molecular flexibility index (Phi) is 7.23. The first kappa shape index (κ1) is 23.8. The second kappa shape index (κ2) is 10.3. The van der Waals surface area contributed by atoms with Crippen LogP contribution in [0.1, 0.15) is 27.2 Å². The summed E-state index contributed by atoms with van der Waals surface area (Å²) < 4.78 is 16.2. The number of benzene rings is 1. The molecule has 0 unspecified atom stereocenters. The minimum absolute atomic E-state index is 0.0957. The number of nitrogens with zero attached hydrogens (tertiary/aromatic N) is 5. The fraction of sp³-hybridized carbons (Fsp3) is 0.440. The number of hydrogen-bond donors (Lipinski definition) is 1. The molecule has 1 aromatic carbocycles. The molecular formula is C25H32N6O3. The predicted molar refractivity (Wildman–Crippen MR) is 131 cm³/mol. The Morgan fingerprint density at radius 2 is 1.88 bits per heavy atom. The summed E-state index contributed by atoms with van der Waals surface area (Å²) in [6, 6.07) is 12.2. The summed E-state index contributed by atoms with van der Waals surface area (Å²) in [5.41, 5.74) is 3.45. The molecule has 2 aromatic heterocycles. The Hall–Kier alpha value is -3.30. The van der Waals surface area contributed by atoms with Crippen molar-refractivity contribution < 1.29 is 14.2 Å². The molecule has 0 aliphatic carbocycles. The van der Waals surface area contributed by atoms with Gasteiger partial charge in [0.05, 0.1) is 19.0 Å². The Morgan fingerprint density at radius 1 is 1.03 bits per heavy atom. The fourth-order valence-electron chi connectivity index (χ4n) is 4.10. The summed E-state index contributed by atoms with van der Waals surface area (Å²) >= 11 is 0. The van der Waals surface area contributed by atoms with Gasteiger partial charge >= 0.3 is 0 Å². The Balaban J connectivity index is 1.56. The minimum atomic E-state index is 0.0957. The van der Waals surface area contributed by atoms with Gasteiger partial charge in [-0.15, -0.1) is 15.3 Å². The van der Waals surface area contributed by atoms with Crippen molar-refractivity contribution in [3.63, 3.8) is 0 Å². The van der Waals surface area contributed by atoms with Crippen molar-refractivity contribution in [2.75, 3.05) is 39.0 Å². The highest BCUT2D eigenvalue weighted by molar-refractivity contribution is 5.74. The van der Waals surface area contributed by atoms with Crippen molar-refractivity contribution >= 4 is 5.82 Å². The highest BCUT2D eigenvalue weighted by Gasteiger charge is 2.26. The largest absolute Gasteiger partial charge is 0.480 e. The van der Waals surface area contributed by atoms with Crippen LogP contribution < -0.4 is 19.7 Å². The maximum atomic E-state index is 5.87. The van der Waals surface area contributed by atoms with Gasteiger partial charge in [-0.2, -0.15) is 5.10 Å². The van der Waals surface area contributed by atoms with Crippen molar-refractivity contribution in [3.05, 3.63) is 42.6 Å². The molecule has 1 N–H and O–H groups in total. The van der Waals surface area contributed by atoms with E-state index in [0.29, 0.717) is 17.7 Å². The first-order chi connectivity index (χ1) is 16.4. The summed E-state index contributed by atoms with van der Waals surface area (Å²) in [7, 11) is 3.16. The van der Waals surface area contributed by atoms with Crippen molar-refractivity contribution in [2.45, 2.75) is 38.8 Å². The molecule has 9 nitrogen and oxygen atoms in total. The number of hydrogen-bond acceptors (Lipinski definition) is 9. The van der Waals surface area contributed by atoms with Crippen molar-refractivity contribution in [1.82, 2.24) is 25.7 Å². The third kappa shape index (κ3) is 5.78. The van der Waals surface area contributed by atoms with Crippen LogP contribution in [-0.4, -0.2) is 66.1 Å². The van der Waals surface area contributed by atoms with Gasteiger partial charge in [0.2, 0.25) is 5.88 Å². The van der Waals surface area contributed by atoms with Crippen LogP contribution >= 0.6 is 0 Å². The lowest BCUT2D eigenvalue weighted by atomic mass is 10.0. The van der Waals surface area contributed by atoms with Crippen LogP contribution in [0.4, 0.5) is 5.82 Å². The number of aromatic nitrogens is 4. The van der Waals surface area contributed by atoms with E-state index in [4.69, 9.17) is 14.2 Å². The molecule has 0 saturated carbocycles. The van der Waals surface area contributed by atoms with Crippen molar-refractivity contribution in [2.24, 2.45) is 0 Å². The predicted octanol–water partition coefficient (Wildman–Crippen LogP) is 3.56. The Labute approximate surface area is 200 Å². The topological polar surface area (TPSA) is 94.5 Å². The third-order valence-corrected chi connectivity index (χ3v) is 5.56. The number of anilines is 1. The molecule has 1 fully saturated rings. The molecular weight excluding hydrogens is 432 g/mol. The smallest absolute Gasteiger partial charge is 0.233 e. The van der Waals surface area contributed by atoms with Crippen LogP contribution in [-0.2, 0) is 4.74 Å². The van der Waals surface area contributed by atoms with E-state index in [0.717, 1.165) is 47.7 Å². The number of rotatable bonds is 8. The van der Waals surface area contributed by atoms with E-state index in [9.17, 15) is 0 Å². The minimum Gasteiger partial charge on any atom is -0.480 e. The Morgan fingerprint density at radius 3 is 2.59 bits per heavy atom. The van der Waals surface area contributed by atoms with E-state index in [-0.39, 0.29) is 12.3 Å². The molecule has 3 heterocycles. The summed E-state index contributed by atoms with van der Waals surface area (Å²) in [6.07, 6.45) is 2.77. The van der Waals surface area contributed by atoms with Gasteiger partial charge in [-0.3, -0.25) is 0 Å². The van der Waals surface area contributed by atoms with Crippen LogP contribution in [0.15, 0.2) is 42.6 Å². The van der Waals surface area contributed by atoms with Crippen LogP contribution in [0, 0.1) is 0 Å². The first-order valence-corrected chi connectivity index (χ1v) is 11.4. The molecule has 0 bridgehead atoms. The summed E-state index contributed by atoms with van der Waals surface area (Å²) in [5.74, 6) is 1.98. The van der Waals surface area contributed by atoms with E-state index in [1.54, 1.807) is 20.4 Å². The molecule has 4 rings (SSSR count). The van der Waals surface area contributed by atoms with Crippen LogP contribution in [0.25, 0.3) is 22.4 Å². The summed E-state index contributed by atoms with van der Waals surface area (Å²) in [5, 5.41) is 20.6. The third-order valence-electron chi connectivity index (χ3n) is 5.56. The average molecular weight is 465 g/mol. The summed E-state index contributed by atoms with van der Waals surface area (Å²) in [6.45, 7) is 8.59. The van der Waals surface area contributed by atoms with Crippen molar-refractivity contribution in [1.29, 1.82) is 0 Å². The first-order valence-electron chi connectivity index (χ1n) is 11.4. The van der Waals surface area contributed by atoms with Crippen LogP contribution in [0.5, 0.6) is 11.6 Å². The summed E-state index contributed by atoms with van der Waals surface area (Å²) in [4.78, 5) is 2.27. The maximum absolute atomic E-state index is 5.87. The second-order valence-corrected chi connectivity index (χ2v) is 9.35. The van der Waals surface area contributed by atoms with Gasteiger partial charge in [-0.25, -0.2) is 0 Å². The van der Waals surface area contributed by atoms with E-state index >= 15 is 0 Å². The van der Waals surface area contributed by atoms with Crippen LogP contribution in [0.2, 0.25) is 0 Å². The average Bonchev–Trinajstić information content (AvgIpc) is 3.29. The molecule has 1 aliphatic heterocycles. The molecule has 1 aliphatic rings. The number of nitrogens with one attached hydrogen (secondary N) is 1. The van der Waals surface area contributed by atoms with E-state index < -0.39 is 0 Å². The highest BCUT2D eigenvalue weighted by Crippen LogP contribution is 2.34. The molecule has 9 heteroatoms. The second-order valence-electron chi connectivity index (χ2n) is 9.35. The van der Waals surface area contributed by atoms with E-state index in [1.165, 1.54) is 0 Å². The van der Waals surface area contributed by atoms with Crippen molar-refractivity contribution in [3.8, 4) is 34.0 Å². The van der Waals surface area contributed by atoms with Gasteiger partial charge in [0.25, 0.3) is 0 Å². The molecule has 1 saturated heterocycles. The van der Waals surface area contributed by atoms with E-state index in [2.05, 4.69) is 51.4 Å². The quantitative estimate of drug-likeness (QED) is 0.502. The van der Waals surface area contributed by atoms with E-state index in [1.807, 2.05) is 36.4 Å². The highest BCUT2D eigenvalue weighted by atomic mass is 16.7. The molecule has 34 heavy (non-hydrogen) atoms. The lowest BCUT2D eigenvalue weighted by molar-refractivity contribution is 0.0515. The lowest BCUT2D eigenvalue weighted by Gasteiger charge is -2.26. The molecule has 1 atom stereocenters. The molecule has 3 aromatic rings. The van der Waals surface area contributed by atoms with Crippen LogP contribution in [0.3, 0.4) is 0 Å². The van der Waals surface area contributed by atoms with Gasteiger partial charge in [-0.05, 0) is 57.0 Å². The lowest BCUT2D eigenvalue weighted by Crippen LogP contribution is -2.45. The molecule has 0 radical (unpaired) electrons. The van der Waals surface area contributed by atoms with Gasteiger partial charge in [-0.1, -0.05) is 6.07 Å². The zero-order valence-electron chi connectivity index (χ0n) is 20.4. The zero-order valence-corrected chi connectivity index (χ0v) is 20.4. The monoisotopic (exact) mass is 464 g/mol. The molecule has 180 valence electrons. The van der Waals surface area contributed by atoms with Gasteiger partial charge < -0.3 is 24.4 Å². The Bertz CT molecular complexity index is 1100. The molecule has 0 spiro atoms. The molecule has 0 amide bonds.